The second-order valence-electron chi connectivity index (χ2n) is 27.6. The summed E-state index contributed by atoms with van der Waals surface area (Å²) in [5.74, 6) is 0.121. The van der Waals surface area contributed by atoms with Gasteiger partial charge in [-0.2, -0.15) is 17.5 Å². The molecule has 18 nitrogen and oxygen atoms in total. The lowest BCUT2D eigenvalue weighted by molar-refractivity contribution is -0.171. The summed E-state index contributed by atoms with van der Waals surface area (Å²) < 4.78 is 64.1. The molecule has 1 unspecified atom stereocenters. The van der Waals surface area contributed by atoms with Gasteiger partial charge in [-0.05, 0) is 150 Å². The summed E-state index contributed by atoms with van der Waals surface area (Å²) >= 11 is 1.14. The highest BCUT2D eigenvalue weighted by atomic mass is 32.1. The normalized spacial score (nSPS) is 31.1. The van der Waals surface area contributed by atoms with E-state index in [0.717, 1.165) is 95.0 Å². The number of likely N-dealkylation sites (tertiary alicyclic amines) is 2. The summed E-state index contributed by atoms with van der Waals surface area (Å²) in [4.78, 5) is 80.5. The van der Waals surface area contributed by atoms with E-state index in [4.69, 9.17) is 23.8 Å². The number of hydrazine groups is 1. The zero-order valence-electron chi connectivity index (χ0n) is 49.2. The maximum absolute atomic E-state index is 15.3. The summed E-state index contributed by atoms with van der Waals surface area (Å²) in [5.41, 5.74) is 6.28. The van der Waals surface area contributed by atoms with Crippen molar-refractivity contribution in [3.05, 3.63) is 47.5 Å². The largest absolute Gasteiger partial charge is 0.464 e. The minimum absolute atomic E-state index is 0.0164. The maximum atomic E-state index is 15.3. The summed E-state index contributed by atoms with van der Waals surface area (Å²) in [6.45, 7) is 10.6. The molecule has 2 N–H and O–H groups in total. The Hall–Kier alpha value is -5.26. The fourth-order valence-corrected chi connectivity index (χ4v) is 16.7. The minimum atomic E-state index is -4.61. The Balaban J connectivity index is 0.807. The van der Waals surface area contributed by atoms with Gasteiger partial charge < -0.3 is 29.2 Å². The molecule has 10 heterocycles. The first-order valence-corrected chi connectivity index (χ1v) is 32.0. The quantitative estimate of drug-likeness (QED) is 0.110. The number of amides is 3. The summed E-state index contributed by atoms with van der Waals surface area (Å²) in [6.07, 6.45) is 8.45. The summed E-state index contributed by atoms with van der Waals surface area (Å²) in [5, 5.41) is 5.94. The SMILES string of the molecule is CO[C@@H](C)c1ncc(N2CCN(C3CC3)CC2)cc1-c1c2c3cc(ccc3n1CC(F)(F)F)-c1nc(ns1)C[C@H](NC(=O)[C@H](C1CCCC1)N1CC[C@]3(CCN(C(=O)[C@H]4[C@@H](C5CC5)N4C)C3)C1)C(=O)N1N[C@H](C(=O)OCC(C)(C)C2)C2CC1C2. The lowest BCUT2D eigenvalue weighted by Gasteiger charge is -2.53. The van der Waals surface area contributed by atoms with Gasteiger partial charge in [0.25, 0.3) is 5.91 Å². The number of halogens is 3. The van der Waals surface area contributed by atoms with E-state index in [1.807, 2.05) is 39.1 Å². The van der Waals surface area contributed by atoms with E-state index in [0.29, 0.717) is 93.7 Å². The standard InChI is InChI=1S/C62H81F3N12O6S/c1-35(82-5)49-44(27-42(30-66-49)73-22-20-72(21-23-73)40-13-14-40)53-45-29-60(2,3)34-83-59(81)50-39-24-41(25-39)77(69-50)57(79)46(28-48-68-56(84-70-48)38-12-15-47(43(45)26-38)76(53)33-62(63,64)65)67-55(78)52(36-8-6-7-9-36)74-18-16-61(31-74)17-19-75(32-61)58(80)54-51(71(54)4)37-10-11-37/h12,15,26-27,30,35-37,39-41,46,50-52,54,69H,6-11,13-14,16-25,28-29,31-34H2,1-5H3,(H,67,78)/t35-,39?,41?,46-,50-,51+,52-,54+,61-,71?/m0/s1. The number of pyridine rings is 1. The van der Waals surface area contributed by atoms with E-state index in [9.17, 15) is 9.59 Å². The first kappa shape index (κ1) is 56.5. The highest BCUT2D eigenvalue weighted by Crippen LogP contribution is 2.50. The number of carbonyl (C=O) groups excluding carboxylic acids is 4. The van der Waals surface area contributed by atoms with Crippen molar-refractivity contribution in [1.82, 2.24) is 54.3 Å². The van der Waals surface area contributed by atoms with Gasteiger partial charge in [0.05, 0.1) is 42.0 Å². The average molecular weight is 1180 g/mol. The van der Waals surface area contributed by atoms with Gasteiger partial charge in [0, 0.05) is 110 Å². The highest BCUT2D eigenvalue weighted by Gasteiger charge is 2.59. The maximum Gasteiger partial charge on any atom is 0.406 e. The van der Waals surface area contributed by atoms with E-state index in [2.05, 4.69) is 42.3 Å². The Labute approximate surface area is 493 Å². The number of aromatic nitrogens is 4. The van der Waals surface area contributed by atoms with Crippen molar-refractivity contribution in [2.45, 2.75) is 172 Å². The lowest BCUT2D eigenvalue weighted by atomic mass is 9.73. The monoisotopic (exact) mass is 1180 g/mol. The van der Waals surface area contributed by atoms with Crippen LogP contribution in [0.2, 0.25) is 0 Å². The molecule has 10 fully saturated rings. The van der Waals surface area contributed by atoms with Crippen molar-refractivity contribution in [1.29, 1.82) is 0 Å². The van der Waals surface area contributed by atoms with Crippen LogP contribution in [0.1, 0.15) is 121 Å². The van der Waals surface area contributed by atoms with E-state index in [1.54, 1.807) is 24.3 Å². The number of hydrogen-bond acceptors (Lipinski definition) is 15. The number of nitrogens with zero attached hydrogens (tertiary/aromatic N) is 10. The molecular formula is C62H81F3N12O6S. The number of likely N-dealkylation sites (N-methyl/N-ethyl adjacent to an activating group) is 1. The van der Waals surface area contributed by atoms with Gasteiger partial charge in [-0.1, -0.05) is 26.7 Å². The first-order chi connectivity index (χ1) is 40.3. The number of anilines is 1. The molecular weight excluding hydrogens is 1100 g/mol. The molecule has 84 heavy (non-hydrogen) atoms. The molecule has 1 aromatic carbocycles. The molecule has 6 saturated heterocycles. The fraction of sp³-hybridized carbons (Fsp3) is 0.694. The van der Waals surface area contributed by atoms with Crippen LogP contribution in [-0.2, 0) is 48.0 Å². The number of alkyl halides is 3. The number of benzene rings is 1. The van der Waals surface area contributed by atoms with Crippen LogP contribution in [-0.4, -0.2) is 189 Å². The highest BCUT2D eigenvalue weighted by molar-refractivity contribution is 7.09. The van der Waals surface area contributed by atoms with Crippen molar-refractivity contribution in [3.8, 4) is 21.8 Å². The molecule has 15 rings (SSSR count). The molecule has 22 heteroatoms. The summed E-state index contributed by atoms with van der Waals surface area (Å²) in [6, 6.07) is 5.75. The van der Waals surface area contributed by atoms with Crippen LogP contribution in [0.15, 0.2) is 30.5 Å². The topological polar surface area (TPSA) is 174 Å². The van der Waals surface area contributed by atoms with Gasteiger partial charge in [0.15, 0.2) is 0 Å². The van der Waals surface area contributed by atoms with E-state index in [1.165, 1.54) is 30.3 Å². The molecule has 7 aliphatic heterocycles. The van der Waals surface area contributed by atoms with Crippen LogP contribution in [0.25, 0.3) is 32.7 Å². The van der Waals surface area contributed by atoms with Gasteiger partial charge in [0.1, 0.15) is 35.5 Å². The van der Waals surface area contributed by atoms with Crippen molar-refractivity contribution >= 4 is 51.8 Å². The Morgan fingerprint density at radius 2 is 1.71 bits per heavy atom. The van der Waals surface area contributed by atoms with Gasteiger partial charge in [0.2, 0.25) is 11.8 Å². The molecule has 452 valence electrons. The summed E-state index contributed by atoms with van der Waals surface area (Å²) in [7, 11) is 3.65. The van der Waals surface area contributed by atoms with Crippen LogP contribution in [0.5, 0.6) is 0 Å². The molecule has 4 saturated carbocycles. The second kappa shape index (κ2) is 21.6. The van der Waals surface area contributed by atoms with E-state index < -0.39 is 48.3 Å². The van der Waals surface area contributed by atoms with Crippen molar-refractivity contribution in [3.63, 3.8) is 0 Å². The number of hydrogen-bond donors (Lipinski definition) is 2. The molecule has 4 aromatic rings. The number of fused-ring (bicyclic) bond motifs is 4. The molecule has 11 aliphatic rings. The van der Waals surface area contributed by atoms with E-state index in [-0.39, 0.29) is 66.5 Å². The lowest BCUT2D eigenvalue weighted by Crippen LogP contribution is -2.72. The number of piperazine rings is 1. The van der Waals surface area contributed by atoms with Crippen LogP contribution in [0.3, 0.4) is 0 Å². The number of carbonyl (C=O) groups is 4. The van der Waals surface area contributed by atoms with Crippen LogP contribution >= 0.6 is 11.5 Å². The zero-order chi connectivity index (χ0) is 58.1. The fourth-order valence-electron chi connectivity index (χ4n) is 16.1. The van der Waals surface area contributed by atoms with Crippen molar-refractivity contribution in [2.75, 3.05) is 78.0 Å². The zero-order valence-corrected chi connectivity index (χ0v) is 50.0. The Morgan fingerprint density at radius 3 is 2.44 bits per heavy atom. The number of nitrogens with one attached hydrogen (secondary N) is 2. The van der Waals surface area contributed by atoms with Crippen LogP contribution < -0.4 is 15.6 Å². The number of rotatable bonds is 12. The minimum Gasteiger partial charge on any atom is -0.464 e. The first-order valence-electron chi connectivity index (χ1n) is 31.2. The third-order valence-corrected chi connectivity index (χ3v) is 21.9. The second-order valence-corrected chi connectivity index (χ2v) is 28.4. The number of cyclic esters (lactones) is 1. The Kier molecular flexibility index (Phi) is 14.5. The van der Waals surface area contributed by atoms with Gasteiger partial charge in [-0.3, -0.25) is 43.9 Å². The van der Waals surface area contributed by atoms with Gasteiger partial charge >= 0.3 is 12.1 Å². The molecule has 8 bridgehead atoms. The van der Waals surface area contributed by atoms with Gasteiger partial charge in [-0.15, -0.1) is 0 Å². The molecule has 0 radical (unpaired) electrons. The van der Waals surface area contributed by atoms with Crippen molar-refractivity contribution < 1.29 is 41.8 Å². The van der Waals surface area contributed by atoms with Crippen LogP contribution in [0.4, 0.5) is 18.9 Å². The predicted molar refractivity (Wildman–Crippen MR) is 310 cm³/mol. The Morgan fingerprint density at radius 1 is 0.952 bits per heavy atom. The molecule has 3 amide bonds. The third-order valence-electron chi connectivity index (χ3n) is 21.1. The molecule has 8 atom stereocenters. The average Bonchev–Trinajstić information content (AvgIpc) is 3.06. The smallest absolute Gasteiger partial charge is 0.406 e. The molecule has 4 aliphatic carbocycles. The number of esters is 1. The predicted octanol–water partition coefficient (Wildman–Crippen LogP) is 7.00. The van der Waals surface area contributed by atoms with Gasteiger partial charge in [-0.25, -0.2) is 10.4 Å². The number of methoxy groups -OCH3 is 1. The van der Waals surface area contributed by atoms with Crippen LogP contribution in [0, 0.1) is 28.6 Å². The molecule has 1 spiro atoms. The Bertz CT molecular complexity index is 3220. The van der Waals surface area contributed by atoms with E-state index >= 15 is 22.8 Å². The number of ether oxygens (including phenoxy) is 2. The van der Waals surface area contributed by atoms with Crippen molar-refractivity contribution in [2.24, 2.45) is 28.6 Å². The molecule has 3 aromatic heterocycles. The third kappa shape index (κ3) is 10.7.